The fourth-order valence-corrected chi connectivity index (χ4v) is 3.65. The molecule has 2 aromatic rings. The van der Waals surface area contributed by atoms with E-state index in [1.165, 1.54) is 11.1 Å². The van der Waals surface area contributed by atoms with Crippen molar-refractivity contribution in [2.24, 2.45) is 4.99 Å². The van der Waals surface area contributed by atoms with Gasteiger partial charge in [-0.25, -0.2) is 0 Å². The summed E-state index contributed by atoms with van der Waals surface area (Å²) in [5, 5.41) is 7.52. The summed E-state index contributed by atoms with van der Waals surface area (Å²) in [4.78, 5) is 11.6. The van der Waals surface area contributed by atoms with Crippen molar-refractivity contribution in [3.8, 4) is 0 Å². The number of hydrogen-bond donors (Lipinski definition) is 1. The highest BCUT2D eigenvalue weighted by atomic mass is 127. The summed E-state index contributed by atoms with van der Waals surface area (Å²) in [5.41, 5.74) is 3.63. The second-order valence-electron chi connectivity index (χ2n) is 7.43. The first-order valence-electron chi connectivity index (χ1n) is 10.6. The van der Waals surface area contributed by atoms with E-state index >= 15 is 0 Å². The van der Waals surface area contributed by atoms with Crippen LogP contribution in [0, 0.1) is 0 Å². The van der Waals surface area contributed by atoms with Crippen LogP contribution in [-0.2, 0) is 19.6 Å². The maximum absolute atomic E-state index is 4.93. The first-order valence-corrected chi connectivity index (χ1v) is 10.6. The predicted molar refractivity (Wildman–Crippen MR) is 132 cm³/mol. The summed E-state index contributed by atoms with van der Waals surface area (Å²) in [7, 11) is 1.86. The average molecular weight is 526 g/mol. The van der Waals surface area contributed by atoms with Crippen LogP contribution in [-0.4, -0.2) is 72.1 Å². The van der Waals surface area contributed by atoms with Crippen LogP contribution in [0.25, 0.3) is 0 Å². The normalized spacial score (nSPS) is 15.3. The number of aliphatic imine (C=N–C) groups is 1. The summed E-state index contributed by atoms with van der Waals surface area (Å²) >= 11 is 0. The largest absolute Gasteiger partial charge is 0.364 e. The Bertz CT molecular complexity index is 737. The van der Waals surface area contributed by atoms with E-state index in [0.717, 1.165) is 70.6 Å². The molecule has 2 heterocycles. The number of nitrogens with one attached hydrogen (secondary N) is 1. The van der Waals surface area contributed by atoms with Crippen molar-refractivity contribution in [2.45, 2.75) is 33.5 Å². The van der Waals surface area contributed by atoms with E-state index < -0.39 is 0 Å². The summed E-state index contributed by atoms with van der Waals surface area (Å²) in [6, 6.07) is 10.8. The second kappa shape index (κ2) is 12.9. The summed E-state index contributed by atoms with van der Waals surface area (Å²) < 4.78 is 4.93. The molecular weight excluding hydrogens is 491 g/mol. The monoisotopic (exact) mass is 526 g/mol. The Hall–Kier alpha value is -1.65. The fraction of sp³-hybridized carbons (Fsp3) is 0.545. The van der Waals surface area contributed by atoms with E-state index in [4.69, 9.17) is 4.52 Å². The predicted octanol–water partition coefficient (Wildman–Crippen LogP) is 3.03. The molecule has 0 unspecified atom stereocenters. The Labute approximate surface area is 197 Å². The highest BCUT2D eigenvalue weighted by Crippen LogP contribution is 2.09. The highest BCUT2D eigenvalue weighted by Gasteiger charge is 2.20. The third kappa shape index (κ3) is 7.24. The Morgan fingerprint density at radius 2 is 1.73 bits per heavy atom. The van der Waals surface area contributed by atoms with E-state index in [1.807, 2.05) is 13.1 Å². The Kier molecular flexibility index (Phi) is 10.6. The lowest BCUT2D eigenvalue weighted by Crippen LogP contribution is -2.52. The van der Waals surface area contributed by atoms with Gasteiger partial charge in [-0.2, -0.15) is 0 Å². The van der Waals surface area contributed by atoms with E-state index in [2.05, 4.69) is 68.3 Å². The molecule has 0 saturated carbocycles. The molecule has 1 aliphatic rings. The maximum Gasteiger partial charge on any atom is 0.194 e. The first kappa shape index (κ1) is 24.6. The molecule has 166 valence electrons. The zero-order chi connectivity index (χ0) is 20.5. The van der Waals surface area contributed by atoms with Crippen LogP contribution in [0.1, 0.15) is 30.7 Å². The van der Waals surface area contributed by atoms with Crippen LogP contribution >= 0.6 is 24.0 Å². The SMILES string of the molecule is CCN(CC)Cc1ccc(CNC(=NC)N2CCN(Cc3ccon3)CC2)cc1.I. The third-order valence-corrected chi connectivity index (χ3v) is 5.53. The van der Waals surface area contributed by atoms with Crippen LogP contribution in [0.3, 0.4) is 0 Å². The van der Waals surface area contributed by atoms with Gasteiger partial charge in [-0.1, -0.05) is 43.3 Å². The molecule has 1 aliphatic heterocycles. The van der Waals surface area contributed by atoms with E-state index in [1.54, 1.807) is 6.26 Å². The van der Waals surface area contributed by atoms with Gasteiger partial charge in [0.25, 0.3) is 0 Å². The average Bonchev–Trinajstić information content (AvgIpc) is 3.27. The molecule has 0 amide bonds. The molecule has 0 radical (unpaired) electrons. The number of benzene rings is 1. The van der Waals surface area contributed by atoms with Gasteiger partial charge in [-0.05, 0) is 24.2 Å². The number of piperazine rings is 1. The molecule has 0 bridgehead atoms. The zero-order valence-corrected chi connectivity index (χ0v) is 20.7. The molecule has 8 heteroatoms. The number of aromatic nitrogens is 1. The van der Waals surface area contributed by atoms with Gasteiger partial charge in [0.15, 0.2) is 5.96 Å². The van der Waals surface area contributed by atoms with Crippen molar-refractivity contribution >= 4 is 29.9 Å². The minimum absolute atomic E-state index is 0. The van der Waals surface area contributed by atoms with Gasteiger partial charge >= 0.3 is 0 Å². The van der Waals surface area contributed by atoms with Gasteiger partial charge in [0.2, 0.25) is 0 Å². The number of halogens is 1. The topological polar surface area (TPSA) is 60.1 Å². The van der Waals surface area contributed by atoms with Crippen molar-refractivity contribution in [1.82, 2.24) is 25.2 Å². The molecule has 1 fully saturated rings. The van der Waals surface area contributed by atoms with Gasteiger partial charge in [0.1, 0.15) is 6.26 Å². The van der Waals surface area contributed by atoms with E-state index in [-0.39, 0.29) is 24.0 Å². The Morgan fingerprint density at radius 1 is 1.07 bits per heavy atom. The van der Waals surface area contributed by atoms with Crippen molar-refractivity contribution in [2.75, 3.05) is 46.3 Å². The quantitative estimate of drug-likeness (QED) is 0.324. The maximum atomic E-state index is 4.93. The zero-order valence-electron chi connectivity index (χ0n) is 18.4. The van der Waals surface area contributed by atoms with Crippen LogP contribution in [0.4, 0.5) is 0 Å². The molecular formula is C22H35IN6O. The third-order valence-electron chi connectivity index (χ3n) is 5.53. The number of guanidine groups is 1. The number of rotatable bonds is 8. The highest BCUT2D eigenvalue weighted by molar-refractivity contribution is 14.0. The number of nitrogens with zero attached hydrogens (tertiary/aromatic N) is 5. The second-order valence-corrected chi connectivity index (χ2v) is 7.43. The lowest BCUT2D eigenvalue weighted by molar-refractivity contribution is 0.169. The van der Waals surface area contributed by atoms with Crippen molar-refractivity contribution < 1.29 is 4.52 Å². The molecule has 0 aliphatic carbocycles. The molecule has 1 aromatic carbocycles. The van der Waals surface area contributed by atoms with Gasteiger partial charge < -0.3 is 14.7 Å². The first-order chi connectivity index (χ1) is 14.2. The van der Waals surface area contributed by atoms with E-state index in [0.29, 0.717) is 0 Å². The van der Waals surface area contributed by atoms with Crippen molar-refractivity contribution in [3.63, 3.8) is 0 Å². The Morgan fingerprint density at radius 3 is 2.30 bits per heavy atom. The minimum atomic E-state index is 0. The van der Waals surface area contributed by atoms with Crippen LogP contribution in [0.5, 0.6) is 0 Å². The van der Waals surface area contributed by atoms with Crippen LogP contribution in [0.2, 0.25) is 0 Å². The van der Waals surface area contributed by atoms with Gasteiger partial charge in [0.05, 0.1) is 5.69 Å². The summed E-state index contributed by atoms with van der Waals surface area (Å²) in [5.74, 6) is 0.971. The molecule has 30 heavy (non-hydrogen) atoms. The van der Waals surface area contributed by atoms with Gasteiger partial charge in [-0.3, -0.25) is 14.8 Å². The molecule has 1 N–H and O–H groups in total. The molecule has 0 spiro atoms. The molecule has 3 rings (SSSR count). The lowest BCUT2D eigenvalue weighted by Gasteiger charge is -2.36. The molecule has 7 nitrogen and oxygen atoms in total. The summed E-state index contributed by atoms with van der Waals surface area (Å²) in [6.07, 6.45) is 1.63. The Balaban J connectivity index is 0.00000320. The van der Waals surface area contributed by atoms with Crippen LogP contribution in [0.15, 0.2) is 46.1 Å². The van der Waals surface area contributed by atoms with Gasteiger partial charge in [-0.15, -0.1) is 24.0 Å². The lowest BCUT2D eigenvalue weighted by atomic mass is 10.1. The molecule has 1 saturated heterocycles. The molecule has 1 aromatic heterocycles. The molecule has 0 atom stereocenters. The van der Waals surface area contributed by atoms with Crippen LogP contribution < -0.4 is 5.32 Å². The number of hydrogen-bond acceptors (Lipinski definition) is 5. The minimum Gasteiger partial charge on any atom is -0.364 e. The van der Waals surface area contributed by atoms with Crippen molar-refractivity contribution in [1.29, 1.82) is 0 Å². The smallest absolute Gasteiger partial charge is 0.194 e. The fourth-order valence-electron chi connectivity index (χ4n) is 3.65. The summed E-state index contributed by atoms with van der Waals surface area (Å²) in [6.45, 7) is 13.1. The van der Waals surface area contributed by atoms with E-state index in [9.17, 15) is 0 Å². The van der Waals surface area contributed by atoms with Gasteiger partial charge in [0, 0.05) is 58.9 Å². The van der Waals surface area contributed by atoms with Crippen molar-refractivity contribution in [3.05, 3.63) is 53.4 Å². The standard InChI is InChI=1S/C22H34N6O.HI/c1-4-26(5-2)17-20-8-6-19(7-9-20)16-24-22(23-3)28-13-11-27(12-14-28)18-21-10-15-29-25-21;/h6-10,15H,4-5,11-14,16-18H2,1-3H3,(H,23,24);1H.